The van der Waals surface area contributed by atoms with Crippen molar-refractivity contribution in [2.75, 3.05) is 18.0 Å². The molecule has 1 atom stereocenters. The Labute approximate surface area is 242 Å². The summed E-state index contributed by atoms with van der Waals surface area (Å²) in [4.78, 5) is 52.4. The lowest BCUT2D eigenvalue weighted by Gasteiger charge is -2.35. The summed E-state index contributed by atoms with van der Waals surface area (Å²) in [7, 11) is 0. The van der Waals surface area contributed by atoms with Crippen LogP contribution in [0.3, 0.4) is 0 Å². The summed E-state index contributed by atoms with van der Waals surface area (Å²) in [6, 6.07) is 9.55. The van der Waals surface area contributed by atoms with Crippen molar-refractivity contribution >= 4 is 29.3 Å². The fourth-order valence-electron chi connectivity index (χ4n) is 6.40. The average molecular weight is 573 g/mol. The number of amides is 4. The molecule has 3 aromatic rings. The Morgan fingerprint density at radius 2 is 1.88 bits per heavy atom. The van der Waals surface area contributed by atoms with Gasteiger partial charge in [0.25, 0.3) is 11.8 Å². The number of primary amides is 1. The lowest BCUT2D eigenvalue weighted by Crippen LogP contribution is -2.52. The van der Waals surface area contributed by atoms with Gasteiger partial charge < -0.3 is 15.5 Å². The van der Waals surface area contributed by atoms with Crippen LogP contribution in [0.4, 0.5) is 10.1 Å². The molecule has 4 heterocycles. The van der Waals surface area contributed by atoms with Crippen LogP contribution in [0.1, 0.15) is 64.8 Å². The number of rotatable bonds is 8. The molecule has 10 nitrogen and oxygen atoms in total. The van der Waals surface area contributed by atoms with Crippen LogP contribution in [0.15, 0.2) is 48.8 Å². The maximum absolute atomic E-state index is 14.2. The van der Waals surface area contributed by atoms with Crippen molar-refractivity contribution in [2.45, 2.75) is 57.7 Å². The van der Waals surface area contributed by atoms with Gasteiger partial charge in [-0.1, -0.05) is 12.1 Å². The Kier molecular flexibility index (Phi) is 7.49. The number of fused-ring (bicyclic) bond motifs is 1. The zero-order chi connectivity index (χ0) is 29.4. The average Bonchev–Trinajstić information content (AvgIpc) is 3.58. The molecule has 3 aliphatic heterocycles. The van der Waals surface area contributed by atoms with E-state index in [0.29, 0.717) is 30.0 Å². The molecule has 2 saturated heterocycles. The van der Waals surface area contributed by atoms with E-state index in [1.807, 2.05) is 23.0 Å². The minimum Gasteiger partial charge on any atom is -0.371 e. The van der Waals surface area contributed by atoms with E-state index in [2.05, 4.69) is 21.4 Å². The van der Waals surface area contributed by atoms with Crippen molar-refractivity contribution in [3.05, 3.63) is 71.3 Å². The molecule has 0 aliphatic carbocycles. The lowest BCUT2D eigenvalue weighted by atomic mass is 9.91. The normalized spacial score (nSPS) is 19.3. The number of nitrogens with two attached hydrogens (primary N) is 1. The molecule has 2 fully saturated rings. The first-order valence-electron chi connectivity index (χ1n) is 14.4. The van der Waals surface area contributed by atoms with Gasteiger partial charge in [0.2, 0.25) is 11.8 Å². The number of aryl methyl sites for hydroxylation is 1. The van der Waals surface area contributed by atoms with Crippen molar-refractivity contribution in [1.29, 1.82) is 0 Å². The van der Waals surface area contributed by atoms with E-state index in [4.69, 9.17) is 5.73 Å². The third-order valence-corrected chi connectivity index (χ3v) is 8.71. The molecule has 1 unspecified atom stereocenters. The molecule has 42 heavy (non-hydrogen) atoms. The second-order valence-electron chi connectivity index (χ2n) is 11.3. The number of nitrogens with zero attached hydrogens (tertiary/aromatic N) is 4. The summed E-state index contributed by atoms with van der Waals surface area (Å²) in [6.07, 6.45) is 8.31. The van der Waals surface area contributed by atoms with Crippen molar-refractivity contribution in [3.8, 4) is 11.1 Å². The van der Waals surface area contributed by atoms with Gasteiger partial charge >= 0.3 is 0 Å². The molecule has 11 heteroatoms. The van der Waals surface area contributed by atoms with Gasteiger partial charge in [-0.3, -0.25) is 29.2 Å². The third-order valence-electron chi connectivity index (χ3n) is 8.71. The number of aromatic nitrogens is 2. The maximum atomic E-state index is 14.2. The number of hydrogen-bond acceptors (Lipinski definition) is 6. The molecule has 3 N–H and O–H groups in total. The number of imide groups is 1. The van der Waals surface area contributed by atoms with Gasteiger partial charge in [-0.25, -0.2) is 4.39 Å². The van der Waals surface area contributed by atoms with Crippen LogP contribution in [-0.4, -0.2) is 57.4 Å². The molecule has 3 aliphatic rings. The molecule has 0 saturated carbocycles. The second kappa shape index (κ2) is 11.4. The summed E-state index contributed by atoms with van der Waals surface area (Å²) in [6.45, 7) is 2.93. The van der Waals surface area contributed by atoms with E-state index in [0.717, 1.165) is 62.1 Å². The fourth-order valence-corrected chi connectivity index (χ4v) is 6.40. The SMILES string of the molecule is NC(=O)c1ccc(-c2cnn(CCCC3CCN(c4cccc5c4CN(C4CCC(=O)NC4=O)C5=O)CC3)c2)cc1F. The van der Waals surface area contributed by atoms with Crippen LogP contribution >= 0.6 is 0 Å². The van der Waals surface area contributed by atoms with E-state index < -0.39 is 23.7 Å². The van der Waals surface area contributed by atoms with Crippen LogP contribution in [0.25, 0.3) is 11.1 Å². The minimum atomic E-state index is -0.792. The molecule has 6 rings (SSSR count). The first kappa shape index (κ1) is 27.6. The number of anilines is 1. The zero-order valence-electron chi connectivity index (χ0n) is 23.2. The largest absolute Gasteiger partial charge is 0.371 e. The quantitative estimate of drug-likeness (QED) is 0.399. The predicted molar refractivity (Wildman–Crippen MR) is 153 cm³/mol. The zero-order valence-corrected chi connectivity index (χ0v) is 23.2. The maximum Gasteiger partial charge on any atom is 0.255 e. The summed E-state index contributed by atoms with van der Waals surface area (Å²) in [5, 5.41) is 6.79. The number of nitrogens with one attached hydrogen (secondary N) is 1. The Balaban J connectivity index is 1.01. The van der Waals surface area contributed by atoms with Gasteiger partial charge in [-0.15, -0.1) is 0 Å². The molecular weight excluding hydrogens is 539 g/mol. The van der Waals surface area contributed by atoms with Gasteiger partial charge in [0, 0.05) is 61.2 Å². The van der Waals surface area contributed by atoms with Crippen LogP contribution in [0, 0.1) is 11.7 Å². The molecule has 218 valence electrons. The highest BCUT2D eigenvalue weighted by molar-refractivity contribution is 6.06. The summed E-state index contributed by atoms with van der Waals surface area (Å²) in [5.41, 5.74) is 9.15. The van der Waals surface area contributed by atoms with Crippen molar-refractivity contribution in [2.24, 2.45) is 11.7 Å². The monoisotopic (exact) mass is 572 g/mol. The van der Waals surface area contributed by atoms with E-state index in [-0.39, 0.29) is 23.8 Å². The standard InChI is InChI=1S/C31H33FN6O4/c32-25-15-20(6-7-23(25)29(33)40)21-16-34-37(17-21)12-2-3-19-10-13-36(14-11-19)26-5-1-4-22-24(26)18-38(31(22)42)27-8-9-28(39)35-30(27)41/h1,4-7,15-17,19,27H,2-3,8-14,18H2,(H2,33,40)(H,35,39,41). The summed E-state index contributed by atoms with van der Waals surface area (Å²) < 4.78 is 16.0. The van der Waals surface area contributed by atoms with E-state index in [1.54, 1.807) is 17.2 Å². The molecule has 0 spiro atoms. The van der Waals surface area contributed by atoms with Crippen LogP contribution < -0.4 is 16.0 Å². The van der Waals surface area contributed by atoms with E-state index in [9.17, 15) is 23.6 Å². The molecule has 1 aromatic heterocycles. The Morgan fingerprint density at radius 1 is 1.07 bits per heavy atom. The topological polar surface area (TPSA) is 131 Å². The summed E-state index contributed by atoms with van der Waals surface area (Å²) >= 11 is 0. The van der Waals surface area contributed by atoms with Crippen LogP contribution in [0.2, 0.25) is 0 Å². The number of carbonyl (C=O) groups is 4. The fraction of sp³-hybridized carbons (Fsp3) is 0.387. The lowest BCUT2D eigenvalue weighted by molar-refractivity contribution is -0.136. The van der Waals surface area contributed by atoms with Gasteiger partial charge in [-0.2, -0.15) is 5.10 Å². The second-order valence-corrected chi connectivity index (χ2v) is 11.3. The van der Waals surface area contributed by atoms with Gasteiger partial charge in [-0.05, 0) is 67.9 Å². The van der Waals surface area contributed by atoms with Gasteiger partial charge in [0.1, 0.15) is 11.9 Å². The van der Waals surface area contributed by atoms with Crippen molar-refractivity contribution in [1.82, 2.24) is 20.0 Å². The van der Waals surface area contributed by atoms with Crippen molar-refractivity contribution in [3.63, 3.8) is 0 Å². The first-order chi connectivity index (χ1) is 20.3. The number of piperidine rings is 2. The minimum absolute atomic E-state index is 0.128. The van der Waals surface area contributed by atoms with Crippen LogP contribution in [0.5, 0.6) is 0 Å². The molecule has 2 aromatic carbocycles. The number of hydrogen-bond donors (Lipinski definition) is 2. The Hall–Kier alpha value is -4.54. The van der Waals surface area contributed by atoms with E-state index in [1.165, 1.54) is 12.1 Å². The molecule has 4 amide bonds. The summed E-state index contributed by atoms with van der Waals surface area (Å²) in [5.74, 6) is -1.68. The molecule has 0 bridgehead atoms. The smallest absolute Gasteiger partial charge is 0.255 e. The van der Waals surface area contributed by atoms with E-state index >= 15 is 0 Å². The van der Waals surface area contributed by atoms with Gasteiger partial charge in [0.05, 0.1) is 11.8 Å². The highest BCUT2D eigenvalue weighted by Gasteiger charge is 2.40. The number of benzene rings is 2. The number of carbonyl (C=O) groups excluding carboxylic acids is 4. The number of halogens is 1. The Bertz CT molecular complexity index is 1560. The third kappa shape index (κ3) is 5.38. The predicted octanol–water partition coefficient (Wildman–Crippen LogP) is 3.25. The highest BCUT2D eigenvalue weighted by Crippen LogP contribution is 2.36. The van der Waals surface area contributed by atoms with Crippen molar-refractivity contribution < 1.29 is 23.6 Å². The first-order valence-corrected chi connectivity index (χ1v) is 14.4. The van der Waals surface area contributed by atoms with Crippen LogP contribution in [-0.2, 0) is 22.7 Å². The molecule has 0 radical (unpaired) electrons. The van der Waals surface area contributed by atoms with Gasteiger partial charge in [0.15, 0.2) is 0 Å². The molecular formula is C31H33FN6O4. The Morgan fingerprint density at radius 3 is 2.62 bits per heavy atom. The highest BCUT2D eigenvalue weighted by atomic mass is 19.1.